The van der Waals surface area contributed by atoms with Crippen molar-refractivity contribution in [2.75, 3.05) is 16.8 Å². The number of anilines is 2. The second kappa shape index (κ2) is 3.40. The number of carbonyl (C=O) groups is 1. The summed E-state index contributed by atoms with van der Waals surface area (Å²) in [7, 11) is 0. The van der Waals surface area contributed by atoms with E-state index in [-0.39, 0.29) is 11.7 Å². The minimum absolute atomic E-state index is 0.0208. The third-order valence-electron chi connectivity index (χ3n) is 3.07. The summed E-state index contributed by atoms with van der Waals surface area (Å²) < 4.78 is 0. The molecular weight excluding hydrogens is 204 g/mol. The van der Waals surface area contributed by atoms with Gasteiger partial charge in [-0.1, -0.05) is 0 Å². The van der Waals surface area contributed by atoms with Crippen LogP contribution in [-0.2, 0) is 4.79 Å². The van der Waals surface area contributed by atoms with Crippen molar-refractivity contribution in [1.82, 2.24) is 0 Å². The molecule has 2 rings (SSSR count). The quantitative estimate of drug-likeness (QED) is 0.711. The van der Waals surface area contributed by atoms with E-state index in [1.165, 1.54) is 0 Å². The molecule has 0 aromatic heterocycles. The molecule has 0 spiro atoms. The summed E-state index contributed by atoms with van der Waals surface area (Å²) in [6.07, 6.45) is 0. The molecule has 1 aliphatic heterocycles. The summed E-state index contributed by atoms with van der Waals surface area (Å²) in [4.78, 5) is 13.9. The molecule has 1 heterocycles. The van der Waals surface area contributed by atoms with Crippen LogP contribution in [0.3, 0.4) is 0 Å². The lowest BCUT2D eigenvalue weighted by molar-refractivity contribution is -0.120. The topological polar surface area (TPSA) is 52.6 Å². The second-order valence-electron chi connectivity index (χ2n) is 4.46. The molecule has 4 nitrogen and oxygen atoms in total. The average molecular weight is 220 g/mol. The first-order chi connectivity index (χ1) is 7.46. The number of hydrogen-bond acceptors (Lipinski definition) is 3. The Hall–Kier alpha value is -1.71. The van der Waals surface area contributed by atoms with Crippen LogP contribution in [0.5, 0.6) is 5.75 Å². The smallest absolute Gasteiger partial charge is 0.249 e. The predicted molar refractivity (Wildman–Crippen MR) is 63.8 cm³/mol. The fraction of sp³-hybridized carbons (Fsp3) is 0.417. The van der Waals surface area contributed by atoms with Crippen LogP contribution in [0.25, 0.3) is 0 Å². The van der Waals surface area contributed by atoms with Gasteiger partial charge in [-0.05, 0) is 32.9 Å². The van der Waals surface area contributed by atoms with E-state index in [0.29, 0.717) is 0 Å². The summed E-state index contributed by atoms with van der Waals surface area (Å²) in [5.74, 6) is 0.191. The number of nitrogens with one attached hydrogen (secondary N) is 1. The van der Waals surface area contributed by atoms with Crippen molar-refractivity contribution >= 4 is 17.3 Å². The number of carbonyl (C=O) groups excluding carboxylic acids is 1. The van der Waals surface area contributed by atoms with Gasteiger partial charge in [0.25, 0.3) is 0 Å². The van der Waals surface area contributed by atoms with E-state index in [0.717, 1.165) is 17.9 Å². The lowest BCUT2D eigenvalue weighted by Gasteiger charge is -2.43. The lowest BCUT2D eigenvalue weighted by Crippen LogP contribution is -2.55. The molecule has 1 amide bonds. The lowest BCUT2D eigenvalue weighted by atomic mass is 9.96. The molecule has 0 saturated heterocycles. The van der Waals surface area contributed by atoms with Crippen LogP contribution in [-0.4, -0.2) is 23.1 Å². The fourth-order valence-corrected chi connectivity index (χ4v) is 2.11. The highest BCUT2D eigenvalue weighted by molar-refractivity contribution is 6.06. The number of nitrogens with zero attached hydrogens (tertiary/aromatic N) is 1. The van der Waals surface area contributed by atoms with Crippen molar-refractivity contribution in [3.05, 3.63) is 18.2 Å². The Kier molecular flexibility index (Phi) is 2.30. The van der Waals surface area contributed by atoms with E-state index in [1.54, 1.807) is 18.2 Å². The molecule has 1 aromatic rings. The van der Waals surface area contributed by atoms with Crippen LogP contribution >= 0.6 is 0 Å². The first-order valence-corrected chi connectivity index (χ1v) is 5.39. The molecule has 0 atom stereocenters. The highest BCUT2D eigenvalue weighted by Gasteiger charge is 2.39. The van der Waals surface area contributed by atoms with Gasteiger partial charge in [-0.3, -0.25) is 4.79 Å². The molecule has 0 radical (unpaired) electrons. The fourth-order valence-electron chi connectivity index (χ4n) is 2.11. The molecule has 2 N–H and O–H groups in total. The van der Waals surface area contributed by atoms with Crippen molar-refractivity contribution < 1.29 is 9.90 Å². The Morgan fingerprint density at radius 3 is 2.75 bits per heavy atom. The minimum atomic E-state index is -0.588. The Morgan fingerprint density at radius 2 is 2.12 bits per heavy atom. The summed E-state index contributed by atoms with van der Waals surface area (Å²) in [6.45, 7) is 6.46. The number of amides is 1. The first-order valence-electron chi connectivity index (χ1n) is 5.39. The number of rotatable bonds is 1. The molecule has 1 aromatic carbocycles. The number of hydrogen-bond donors (Lipinski definition) is 2. The number of fused-ring (bicyclic) bond motifs is 1. The zero-order valence-corrected chi connectivity index (χ0v) is 9.74. The van der Waals surface area contributed by atoms with E-state index < -0.39 is 5.54 Å². The van der Waals surface area contributed by atoms with Gasteiger partial charge in [-0.25, -0.2) is 0 Å². The number of aromatic hydroxyl groups is 1. The van der Waals surface area contributed by atoms with Gasteiger partial charge in [0, 0.05) is 12.6 Å². The molecule has 1 aliphatic rings. The third kappa shape index (κ3) is 1.41. The number of phenols is 1. The normalized spacial score (nSPS) is 17.9. The molecule has 4 heteroatoms. The van der Waals surface area contributed by atoms with Crippen LogP contribution in [0.2, 0.25) is 0 Å². The monoisotopic (exact) mass is 220 g/mol. The van der Waals surface area contributed by atoms with E-state index >= 15 is 0 Å². The first kappa shape index (κ1) is 10.8. The maximum Gasteiger partial charge on any atom is 0.249 e. The highest BCUT2D eigenvalue weighted by atomic mass is 16.3. The van der Waals surface area contributed by atoms with Gasteiger partial charge in [0.15, 0.2) is 0 Å². The molecule has 16 heavy (non-hydrogen) atoms. The van der Waals surface area contributed by atoms with Gasteiger partial charge in [0.1, 0.15) is 11.3 Å². The van der Waals surface area contributed by atoms with Gasteiger partial charge in [-0.2, -0.15) is 0 Å². The van der Waals surface area contributed by atoms with Crippen molar-refractivity contribution in [2.24, 2.45) is 0 Å². The van der Waals surface area contributed by atoms with Crippen LogP contribution in [0.1, 0.15) is 20.8 Å². The number of benzene rings is 1. The van der Waals surface area contributed by atoms with Crippen molar-refractivity contribution in [3.8, 4) is 5.75 Å². The maximum absolute atomic E-state index is 11.9. The molecule has 0 fully saturated rings. The van der Waals surface area contributed by atoms with Gasteiger partial charge in [0.05, 0.1) is 11.4 Å². The molecule has 0 unspecified atom stereocenters. The van der Waals surface area contributed by atoms with Crippen LogP contribution in [0.15, 0.2) is 18.2 Å². The van der Waals surface area contributed by atoms with Gasteiger partial charge in [-0.15, -0.1) is 0 Å². The summed E-state index contributed by atoms with van der Waals surface area (Å²) in [5, 5.41) is 12.3. The minimum Gasteiger partial charge on any atom is -0.508 e. The number of phenolic OH excluding ortho intramolecular Hbond substituents is 1. The maximum atomic E-state index is 11.9. The molecule has 86 valence electrons. The second-order valence-corrected chi connectivity index (χ2v) is 4.46. The van der Waals surface area contributed by atoms with Gasteiger partial charge < -0.3 is 15.3 Å². The van der Waals surface area contributed by atoms with Crippen LogP contribution in [0.4, 0.5) is 11.4 Å². The van der Waals surface area contributed by atoms with E-state index in [9.17, 15) is 9.90 Å². The number of likely N-dealkylation sites (N-methyl/N-ethyl adjacent to an activating group) is 1. The molecule has 0 aliphatic carbocycles. The summed E-state index contributed by atoms with van der Waals surface area (Å²) in [5.41, 5.74) is 1.03. The van der Waals surface area contributed by atoms with Gasteiger partial charge in [0.2, 0.25) is 5.91 Å². The molecule has 0 bridgehead atoms. The Bertz CT molecular complexity index is 441. The van der Waals surface area contributed by atoms with E-state index in [1.807, 2.05) is 25.7 Å². The Morgan fingerprint density at radius 1 is 1.44 bits per heavy atom. The highest BCUT2D eigenvalue weighted by Crippen LogP contribution is 2.38. The largest absolute Gasteiger partial charge is 0.508 e. The van der Waals surface area contributed by atoms with Crippen LogP contribution in [0, 0.1) is 0 Å². The zero-order chi connectivity index (χ0) is 11.9. The van der Waals surface area contributed by atoms with E-state index in [2.05, 4.69) is 5.32 Å². The zero-order valence-electron chi connectivity index (χ0n) is 9.74. The van der Waals surface area contributed by atoms with Crippen LogP contribution < -0.4 is 10.2 Å². The standard InChI is InChI=1S/C12H16N2O2/c1-4-14-10-7-8(15)5-6-9(10)13-11(16)12(14,2)3/h5-7,15H,4H2,1-3H3,(H,13,16). The van der Waals surface area contributed by atoms with Crippen molar-refractivity contribution in [1.29, 1.82) is 0 Å². The molecule has 0 saturated carbocycles. The van der Waals surface area contributed by atoms with E-state index in [4.69, 9.17) is 0 Å². The SMILES string of the molecule is CCN1c2cc(O)ccc2NC(=O)C1(C)C. The Balaban J connectivity index is 2.58. The molecular formula is C12H16N2O2. The average Bonchev–Trinajstić information content (AvgIpc) is 2.21. The predicted octanol–water partition coefficient (Wildman–Crippen LogP) is 1.95. The van der Waals surface area contributed by atoms with Crippen molar-refractivity contribution in [2.45, 2.75) is 26.3 Å². The van der Waals surface area contributed by atoms with Gasteiger partial charge >= 0.3 is 0 Å². The Labute approximate surface area is 94.9 Å². The summed E-state index contributed by atoms with van der Waals surface area (Å²) in [6, 6.07) is 4.98. The summed E-state index contributed by atoms with van der Waals surface area (Å²) >= 11 is 0. The van der Waals surface area contributed by atoms with Crippen molar-refractivity contribution in [3.63, 3.8) is 0 Å². The third-order valence-corrected chi connectivity index (χ3v) is 3.07.